The van der Waals surface area contributed by atoms with Crippen LogP contribution in [0.4, 0.5) is 13.2 Å². The van der Waals surface area contributed by atoms with Crippen LogP contribution in [-0.2, 0) is 21.0 Å². The van der Waals surface area contributed by atoms with Crippen LogP contribution in [0, 0.1) is 12.3 Å². The van der Waals surface area contributed by atoms with Gasteiger partial charge in [0, 0.05) is 51.9 Å². The van der Waals surface area contributed by atoms with Crippen molar-refractivity contribution in [2.24, 2.45) is 10.2 Å². The minimum atomic E-state index is -4.78. The van der Waals surface area contributed by atoms with Gasteiger partial charge < -0.3 is 4.90 Å². The van der Waals surface area contributed by atoms with E-state index in [4.69, 9.17) is 6.42 Å². The number of hydrogen-bond acceptors (Lipinski definition) is 5. The van der Waals surface area contributed by atoms with Crippen molar-refractivity contribution in [2.75, 3.05) is 26.2 Å². The summed E-state index contributed by atoms with van der Waals surface area (Å²) in [5.74, 6) is 2.35. The third kappa shape index (κ3) is 4.82. The number of terminal acetylenes is 1. The van der Waals surface area contributed by atoms with Crippen LogP contribution in [0.2, 0.25) is 0 Å². The molecule has 0 unspecified atom stereocenters. The van der Waals surface area contributed by atoms with Crippen molar-refractivity contribution in [2.45, 2.75) is 42.4 Å². The van der Waals surface area contributed by atoms with Gasteiger partial charge >= 0.3 is 6.18 Å². The molecule has 1 saturated heterocycles. The zero-order chi connectivity index (χ0) is 22.0. The van der Waals surface area contributed by atoms with Gasteiger partial charge in [-0.2, -0.15) is 27.7 Å². The second-order valence-electron chi connectivity index (χ2n) is 7.17. The molecule has 1 fully saturated rings. The Hall–Kier alpha value is -2.45. The number of amides is 1. The summed E-state index contributed by atoms with van der Waals surface area (Å²) in [6.45, 7) is 0.0737. The number of nitrogens with zero attached hydrogens (tertiary/aromatic N) is 4. The van der Waals surface area contributed by atoms with Gasteiger partial charge in [0.05, 0.1) is 10.5 Å². The summed E-state index contributed by atoms with van der Waals surface area (Å²) in [6, 6.07) is 4.10. The van der Waals surface area contributed by atoms with E-state index in [1.807, 2.05) is 0 Å². The maximum absolute atomic E-state index is 13.2. The molecule has 0 aromatic heterocycles. The molecule has 1 amide bonds. The predicted molar refractivity (Wildman–Crippen MR) is 102 cm³/mol. The fourth-order valence-corrected chi connectivity index (χ4v) is 5.01. The highest BCUT2D eigenvalue weighted by Gasteiger charge is 2.41. The largest absolute Gasteiger partial charge is 0.417 e. The summed E-state index contributed by atoms with van der Waals surface area (Å²) in [5, 5.41) is 7.95. The molecule has 3 rings (SSSR count). The molecule has 0 N–H and O–H groups in total. The first-order chi connectivity index (χ1) is 14.1. The molecule has 1 aromatic rings. The molecule has 11 heteroatoms. The molecule has 0 saturated carbocycles. The quantitative estimate of drug-likeness (QED) is 0.609. The van der Waals surface area contributed by atoms with Gasteiger partial charge in [0.1, 0.15) is 0 Å². The summed E-state index contributed by atoms with van der Waals surface area (Å²) >= 11 is 0. The van der Waals surface area contributed by atoms with E-state index in [9.17, 15) is 26.4 Å². The lowest BCUT2D eigenvalue weighted by Gasteiger charge is -2.34. The number of rotatable bonds is 7. The van der Waals surface area contributed by atoms with Crippen LogP contribution in [-0.4, -0.2) is 55.4 Å². The summed E-state index contributed by atoms with van der Waals surface area (Å²) in [4.78, 5) is 13.2. The summed E-state index contributed by atoms with van der Waals surface area (Å²) in [7, 11) is -4.33. The standard InChI is InChI=1S/C19H21F3N4O3S/c1-2-3-9-18(23-24-18)10-8-17(27)25-11-13-26(14-12-25)30(28,29)16-7-5-4-6-15(16)19(20,21)22/h1,4-7H,3,8-14H2. The van der Waals surface area contributed by atoms with E-state index in [0.717, 1.165) is 22.5 Å². The lowest BCUT2D eigenvalue weighted by molar-refractivity contribution is -0.139. The van der Waals surface area contributed by atoms with E-state index < -0.39 is 32.3 Å². The van der Waals surface area contributed by atoms with E-state index in [0.29, 0.717) is 19.3 Å². The van der Waals surface area contributed by atoms with Crippen LogP contribution < -0.4 is 0 Å². The van der Waals surface area contributed by atoms with Crippen LogP contribution >= 0.6 is 0 Å². The molecule has 2 heterocycles. The summed E-state index contributed by atoms with van der Waals surface area (Å²) < 4.78 is 66.2. The van der Waals surface area contributed by atoms with Crippen molar-refractivity contribution < 1.29 is 26.4 Å². The Morgan fingerprint density at radius 1 is 1.13 bits per heavy atom. The topological polar surface area (TPSA) is 82.4 Å². The Labute approximate surface area is 173 Å². The molecule has 0 atom stereocenters. The van der Waals surface area contributed by atoms with Crippen LogP contribution in [0.1, 0.15) is 31.2 Å². The van der Waals surface area contributed by atoms with E-state index >= 15 is 0 Å². The van der Waals surface area contributed by atoms with Gasteiger partial charge in [0.15, 0.2) is 5.66 Å². The van der Waals surface area contributed by atoms with Crippen molar-refractivity contribution in [1.29, 1.82) is 0 Å². The number of piperazine rings is 1. The molecule has 162 valence electrons. The van der Waals surface area contributed by atoms with Gasteiger partial charge in [-0.1, -0.05) is 12.1 Å². The lowest BCUT2D eigenvalue weighted by Crippen LogP contribution is -2.50. The molecule has 0 aliphatic carbocycles. The first-order valence-corrected chi connectivity index (χ1v) is 10.8. The van der Waals surface area contributed by atoms with Gasteiger partial charge in [-0.15, -0.1) is 12.3 Å². The predicted octanol–water partition coefficient (Wildman–Crippen LogP) is 2.89. The first-order valence-electron chi connectivity index (χ1n) is 9.41. The van der Waals surface area contributed by atoms with Crippen LogP contribution in [0.25, 0.3) is 0 Å². The maximum Gasteiger partial charge on any atom is 0.417 e. The number of sulfonamides is 1. The third-order valence-electron chi connectivity index (χ3n) is 5.19. The van der Waals surface area contributed by atoms with Crippen molar-refractivity contribution in [1.82, 2.24) is 9.21 Å². The first kappa shape index (κ1) is 22.2. The van der Waals surface area contributed by atoms with E-state index in [1.54, 1.807) is 0 Å². The molecule has 0 radical (unpaired) electrons. The van der Waals surface area contributed by atoms with Gasteiger partial charge in [-0.05, 0) is 12.1 Å². The van der Waals surface area contributed by atoms with Crippen LogP contribution in [0.15, 0.2) is 39.4 Å². The van der Waals surface area contributed by atoms with Gasteiger partial charge in [-0.25, -0.2) is 8.42 Å². The Morgan fingerprint density at radius 3 is 2.33 bits per heavy atom. The molecule has 2 aliphatic heterocycles. The van der Waals surface area contributed by atoms with Crippen molar-refractivity contribution >= 4 is 15.9 Å². The third-order valence-corrected chi connectivity index (χ3v) is 7.15. The summed E-state index contributed by atoms with van der Waals surface area (Å²) in [5.41, 5.74) is -1.77. The second-order valence-corrected chi connectivity index (χ2v) is 9.07. The normalized spacial score (nSPS) is 18.8. The minimum Gasteiger partial charge on any atom is -0.340 e. The van der Waals surface area contributed by atoms with Gasteiger partial charge in [0.2, 0.25) is 15.9 Å². The highest BCUT2D eigenvalue weighted by Crippen LogP contribution is 2.38. The monoisotopic (exact) mass is 442 g/mol. The molecular weight excluding hydrogens is 421 g/mol. The van der Waals surface area contributed by atoms with Crippen LogP contribution in [0.3, 0.4) is 0 Å². The summed E-state index contributed by atoms with van der Waals surface area (Å²) in [6.07, 6.45) is 2.18. The van der Waals surface area contributed by atoms with Crippen LogP contribution in [0.5, 0.6) is 0 Å². The number of carbonyl (C=O) groups is 1. The maximum atomic E-state index is 13.2. The van der Waals surface area contributed by atoms with Crippen molar-refractivity contribution in [3.8, 4) is 12.3 Å². The number of halogens is 3. The number of hydrogen-bond donors (Lipinski definition) is 0. The molecule has 1 aromatic carbocycles. The second kappa shape index (κ2) is 8.35. The van der Waals surface area contributed by atoms with Crippen molar-refractivity contribution in [3.05, 3.63) is 29.8 Å². The number of carbonyl (C=O) groups excluding carboxylic acids is 1. The Bertz CT molecular complexity index is 971. The highest BCUT2D eigenvalue weighted by atomic mass is 32.2. The molecule has 2 aliphatic rings. The fraction of sp³-hybridized carbons (Fsp3) is 0.526. The Balaban J connectivity index is 1.59. The number of benzene rings is 1. The van der Waals surface area contributed by atoms with Gasteiger partial charge in [-0.3, -0.25) is 4.79 Å². The fourth-order valence-electron chi connectivity index (χ4n) is 3.38. The zero-order valence-electron chi connectivity index (χ0n) is 16.1. The van der Waals surface area contributed by atoms with Gasteiger partial charge in [0.25, 0.3) is 0 Å². The number of alkyl halides is 3. The SMILES string of the molecule is C#CCCC1(CCC(=O)N2CCN(S(=O)(=O)c3ccccc3C(F)(F)F)CC2)N=N1. The smallest absolute Gasteiger partial charge is 0.340 e. The Kier molecular flexibility index (Phi) is 6.19. The zero-order valence-corrected chi connectivity index (χ0v) is 16.9. The van der Waals surface area contributed by atoms with E-state index in [2.05, 4.69) is 16.1 Å². The minimum absolute atomic E-state index is 0.0722. The molecule has 0 spiro atoms. The molecule has 30 heavy (non-hydrogen) atoms. The van der Waals surface area contributed by atoms with E-state index in [-0.39, 0.29) is 38.5 Å². The molecule has 7 nitrogen and oxygen atoms in total. The molecular formula is C19H21F3N4O3S. The lowest BCUT2D eigenvalue weighted by atomic mass is 10.0. The van der Waals surface area contributed by atoms with Crippen molar-refractivity contribution in [3.63, 3.8) is 0 Å². The average molecular weight is 442 g/mol. The average Bonchev–Trinajstić information content (AvgIpc) is 3.50. The van der Waals surface area contributed by atoms with E-state index in [1.165, 1.54) is 11.0 Å². The Morgan fingerprint density at radius 2 is 1.77 bits per heavy atom. The highest BCUT2D eigenvalue weighted by molar-refractivity contribution is 7.89. The molecule has 0 bridgehead atoms.